The summed E-state index contributed by atoms with van der Waals surface area (Å²) in [6.07, 6.45) is 0.425. The van der Waals surface area contributed by atoms with Crippen molar-refractivity contribution < 1.29 is 8.42 Å². The number of nitriles is 1. The summed E-state index contributed by atoms with van der Waals surface area (Å²) < 4.78 is 22.1. The zero-order valence-electron chi connectivity index (χ0n) is 6.45. The Kier molecular flexibility index (Phi) is 4.08. The SMILES string of the molecule is CC(C#N)S(=O)(=O)CCCN. The number of nitrogens with two attached hydrogens (primary N) is 1. The molecule has 0 saturated heterocycles. The van der Waals surface area contributed by atoms with Crippen LogP contribution in [-0.2, 0) is 9.84 Å². The normalized spacial score (nSPS) is 13.9. The van der Waals surface area contributed by atoms with Crippen LogP contribution in [0.1, 0.15) is 13.3 Å². The largest absolute Gasteiger partial charge is 0.330 e. The van der Waals surface area contributed by atoms with Crippen LogP contribution < -0.4 is 5.73 Å². The van der Waals surface area contributed by atoms with Crippen molar-refractivity contribution in [1.29, 1.82) is 5.26 Å². The Hall–Kier alpha value is -0.600. The summed E-state index contributed by atoms with van der Waals surface area (Å²) in [4.78, 5) is 0. The van der Waals surface area contributed by atoms with Crippen LogP contribution in [0.3, 0.4) is 0 Å². The Morgan fingerprint density at radius 3 is 2.55 bits per heavy atom. The Bertz CT molecular complexity index is 240. The van der Waals surface area contributed by atoms with E-state index in [0.29, 0.717) is 13.0 Å². The number of hydrogen-bond acceptors (Lipinski definition) is 4. The van der Waals surface area contributed by atoms with Crippen LogP contribution in [0.25, 0.3) is 0 Å². The summed E-state index contributed by atoms with van der Waals surface area (Å²) in [6, 6.07) is 1.69. The van der Waals surface area contributed by atoms with Gasteiger partial charge in [-0.1, -0.05) is 0 Å². The third-order valence-corrected chi connectivity index (χ3v) is 3.39. The van der Waals surface area contributed by atoms with Crippen molar-refractivity contribution in [3.05, 3.63) is 0 Å². The van der Waals surface area contributed by atoms with E-state index in [1.54, 1.807) is 6.07 Å². The topological polar surface area (TPSA) is 84.0 Å². The Labute approximate surface area is 66.9 Å². The van der Waals surface area contributed by atoms with Crippen molar-refractivity contribution >= 4 is 9.84 Å². The van der Waals surface area contributed by atoms with Crippen LogP contribution >= 0.6 is 0 Å². The molecule has 5 heteroatoms. The van der Waals surface area contributed by atoms with Gasteiger partial charge in [-0.15, -0.1) is 0 Å². The van der Waals surface area contributed by atoms with E-state index in [9.17, 15) is 8.42 Å². The molecule has 0 amide bonds. The maximum atomic E-state index is 11.0. The first-order chi connectivity index (χ1) is 5.04. The van der Waals surface area contributed by atoms with Crippen LogP contribution in [-0.4, -0.2) is 26.0 Å². The molecule has 0 aliphatic carbocycles. The Morgan fingerprint density at radius 2 is 2.18 bits per heavy atom. The lowest BCUT2D eigenvalue weighted by Gasteiger charge is -2.02. The molecular formula is C6H12N2O2S. The van der Waals surface area contributed by atoms with Crippen molar-refractivity contribution in [1.82, 2.24) is 0 Å². The summed E-state index contributed by atoms with van der Waals surface area (Å²) in [5.74, 6) is 0.0121. The summed E-state index contributed by atoms with van der Waals surface area (Å²) >= 11 is 0. The molecule has 0 radical (unpaired) electrons. The molecule has 2 N–H and O–H groups in total. The van der Waals surface area contributed by atoms with Crippen LogP contribution in [0.5, 0.6) is 0 Å². The van der Waals surface area contributed by atoms with E-state index in [1.807, 2.05) is 0 Å². The molecule has 0 bridgehead atoms. The molecule has 0 spiro atoms. The molecular weight excluding hydrogens is 164 g/mol. The average molecular weight is 176 g/mol. The van der Waals surface area contributed by atoms with Gasteiger partial charge in [0.25, 0.3) is 0 Å². The predicted octanol–water partition coefficient (Wildman–Crippen LogP) is -0.338. The second-order valence-electron chi connectivity index (χ2n) is 2.28. The van der Waals surface area contributed by atoms with Gasteiger partial charge < -0.3 is 5.73 Å². The fourth-order valence-corrected chi connectivity index (χ4v) is 1.62. The molecule has 1 atom stereocenters. The fraction of sp³-hybridized carbons (Fsp3) is 0.833. The van der Waals surface area contributed by atoms with Crippen molar-refractivity contribution in [2.45, 2.75) is 18.6 Å². The average Bonchev–Trinajstić information content (AvgIpc) is 1.99. The number of hydrogen-bond donors (Lipinski definition) is 1. The lowest BCUT2D eigenvalue weighted by molar-refractivity contribution is 0.589. The third-order valence-electron chi connectivity index (χ3n) is 1.35. The molecule has 64 valence electrons. The minimum atomic E-state index is -3.21. The molecule has 0 fully saturated rings. The van der Waals surface area contributed by atoms with Crippen molar-refractivity contribution in [2.24, 2.45) is 5.73 Å². The number of rotatable bonds is 4. The summed E-state index contributed by atoms with van der Waals surface area (Å²) in [6.45, 7) is 1.73. The summed E-state index contributed by atoms with van der Waals surface area (Å²) in [5, 5.41) is 7.40. The molecule has 0 saturated carbocycles. The van der Waals surface area contributed by atoms with Crippen molar-refractivity contribution in [3.8, 4) is 6.07 Å². The summed E-state index contributed by atoms with van der Waals surface area (Å²) in [7, 11) is -3.21. The first-order valence-electron chi connectivity index (χ1n) is 3.36. The van der Waals surface area contributed by atoms with Gasteiger partial charge in [0.05, 0.1) is 11.8 Å². The highest BCUT2D eigenvalue weighted by Gasteiger charge is 2.18. The van der Waals surface area contributed by atoms with Gasteiger partial charge in [-0.25, -0.2) is 8.42 Å². The highest BCUT2D eigenvalue weighted by atomic mass is 32.2. The molecule has 0 aromatic heterocycles. The van der Waals surface area contributed by atoms with Gasteiger partial charge in [0.1, 0.15) is 5.25 Å². The minimum Gasteiger partial charge on any atom is -0.330 e. The van der Waals surface area contributed by atoms with Crippen LogP contribution in [0.2, 0.25) is 0 Å². The molecule has 4 nitrogen and oxygen atoms in total. The monoisotopic (exact) mass is 176 g/mol. The maximum absolute atomic E-state index is 11.0. The maximum Gasteiger partial charge on any atom is 0.166 e. The first-order valence-corrected chi connectivity index (χ1v) is 5.07. The standard InChI is InChI=1S/C6H12N2O2S/c1-6(5-8)11(9,10)4-2-3-7/h6H,2-4,7H2,1H3. The van der Waals surface area contributed by atoms with Crippen LogP contribution in [0.15, 0.2) is 0 Å². The van der Waals surface area contributed by atoms with E-state index in [1.165, 1.54) is 6.92 Å². The van der Waals surface area contributed by atoms with Crippen molar-refractivity contribution in [2.75, 3.05) is 12.3 Å². The van der Waals surface area contributed by atoms with Crippen molar-refractivity contribution in [3.63, 3.8) is 0 Å². The minimum absolute atomic E-state index is 0.0121. The number of nitrogens with zero attached hydrogens (tertiary/aromatic N) is 1. The van der Waals surface area contributed by atoms with E-state index in [0.717, 1.165) is 0 Å². The predicted molar refractivity (Wildman–Crippen MR) is 42.5 cm³/mol. The lowest BCUT2D eigenvalue weighted by Crippen LogP contribution is -2.20. The molecule has 0 rings (SSSR count). The molecule has 0 aliphatic rings. The fourth-order valence-electron chi connectivity index (χ4n) is 0.542. The third kappa shape index (κ3) is 3.35. The van der Waals surface area contributed by atoms with Gasteiger partial charge in [-0.05, 0) is 19.9 Å². The van der Waals surface area contributed by atoms with E-state index < -0.39 is 15.1 Å². The van der Waals surface area contributed by atoms with Crippen LogP contribution in [0.4, 0.5) is 0 Å². The van der Waals surface area contributed by atoms with E-state index in [2.05, 4.69) is 0 Å². The van der Waals surface area contributed by atoms with Gasteiger partial charge >= 0.3 is 0 Å². The smallest absolute Gasteiger partial charge is 0.166 e. The summed E-state index contributed by atoms with van der Waals surface area (Å²) in [5.41, 5.74) is 5.13. The van der Waals surface area contributed by atoms with Gasteiger partial charge in [0.15, 0.2) is 9.84 Å². The Morgan fingerprint density at radius 1 is 1.64 bits per heavy atom. The first kappa shape index (κ1) is 10.4. The molecule has 0 aromatic rings. The second kappa shape index (κ2) is 4.31. The zero-order chi connectivity index (χ0) is 8.91. The van der Waals surface area contributed by atoms with Gasteiger partial charge in [-0.2, -0.15) is 5.26 Å². The van der Waals surface area contributed by atoms with E-state index >= 15 is 0 Å². The second-order valence-corrected chi connectivity index (χ2v) is 4.72. The molecule has 11 heavy (non-hydrogen) atoms. The van der Waals surface area contributed by atoms with Gasteiger partial charge in [0, 0.05) is 0 Å². The van der Waals surface area contributed by atoms with Gasteiger partial charge in [-0.3, -0.25) is 0 Å². The number of sulfone groups is 1. The molecule has 0 aliphatic heterocycles. The molecule has 0 heterocycles. The van der Waals surface area contributed by atoms with E-state index in [4.69, 9.17) is 11.0 Å². The van der Waals surface area contributed by atoms with Crippen LogP contribution in [0, 0.1) is 11.3 Å². The van der Waals surface area contributed by atoms with Gasteiger partial charge in [0.2, 0.25) is 0 Å². The highest BCUT2D eigenvalue weighted by Crippen LogP contribution is 2.01. The molecule has 1 unspecified atom stereocenters. The lowest BCUT2D eigenvalue weighted by atomic mass is 10.5. The van der Waals surface area contributed by atoms with E-state index in [-0.39, 0.29) is 5.75 Å². The quantitative estimate of drug-likeness (QED) is 0.635. The zero-order valence-corrected chi connectivity index (χ0v) is 7.26. The molecule has 0 aromatic carbocycles. The highest BCUT2D eigenvalue weighted by molar-refractivity contribution is 7.92. The Balaban J connectivity index is 4.15.